The predicted molar refractivity (Wildman–Crippen MR) is 267 cm³/mol. The van der Waals surface area contributed by atoms with Gasteiger partial charge in [-0.05, 0) is 98.8 Å². The average Bonchev–Trinajstić information content (AvgIpc) is 3.26. The topological polar surface area (TPSA) is 226 Å². The molecular weight excluding hydrogens is 932 g/mol. The van der Waals surface area contributed by atoms with Gasteiger partial charge in [0.1, 0.15) is 48.8 Å². The van der Waals surface area contributed by atoms with Gasteiger partial charge in [0.25, 0.3) is 0 Å². The molecule has 2 aromatic heterocycles. The molecule has 0 fully saturated rings. The second-order valence-electron chi connectivity index (χ2n) is 13.9. The molecule has 0 spiro atoms. The van der Waals surface area contributed by atoms with Crippen LogP contribution < -0.4 is 54.6 Å². The van der Waals surface area contributed by atoms with Gasteiger partial charge in [-0.1, -0.05) is 54.0 Å². The maximum atomic E-state index is 12.5. The maximum absolute atomic E-state index is 12.5. The van der Waals surface area contributed by atoms with Crippen molar-refractivity contribution in [2.45, 2.75) is 55.3 Å². The molecule has 2 heterocycles. The van der Waals surface area contributed by atoms with Crippen LogP contribution in [-0.4, -0.2) is 103 Å². The number of aliphatic hydroxyl groups excluding tert-OH is 4. The quantitative estimate of drug-likeness (QED) is 0.0430. The zero-order valence-electron chi connectivity index (χ0n) is 34.7. The van der Waals surface area contributed by atoms with Crippen LogP contribution in [0.1, 0.15) is 53.9 Å². The fourth-order valence-electron chi connectivity index (χ4n) is 5.96. The van der Waals surface area contributed by atoms with E-state index >= 15 is 0 Å². The first-order chi connectivity index (χ1) is 29.6. The maximum Gasteiger partial charge on any atom is 1.00 e. The molecule has 14 nitrogen and oxygen atoms in total. The van der Waals surface area contributed by atoms with Crippen LogP contribution in [0.25, 0.3) is 40.3 Å². The van der Waals surface area contributed by atoms with Crippen LogP contribution >= 0.6 is 22.7 Å². The number of carbonyl (C=O) groups is 1. The molecule has 0 aliphatic heterocycles. The molecule has 0 aliphatic rings. The van der Waals surface area contributed by atoms with Gasteiger partial charge in [-0.2, -0.15) is 0 Å². The number of benzene rings is 5. The Balaban J connectivity index is 0.000000949. The van der Waals surface area contributed by atoms with Gasteiger partial charge in [-0.15, -0.1) is 22.7 Å². The van der Waals surface area contributed by atoms with E-state index in [2.05, 4.69) is 0 Å². The standard InChI is InChI=1S/C16H14O6S2.C15H12O3S.C14H20O5.4CH4.Na/c17-10(9-24(19,20)21)8-22-11-5-6-15-13(7-11)16(18)12-3-1-2-4-14(12)23-15;16-7-8-18-10-5-6-14-12(9-10)15(17)11-3-1-2-4-13(11)19-14;1-14(2,19-10-8-16)13(17)11-3-5-12(6-4-11)18-9-7-15;;;;;/h1-7,10,17H,8-9H2,(H,19,20,21);1-6,9,16H,7-8H2;3-6,15-16H,7-10H2,1-2H3;4*1H4;/q;;;;;;;+1/p-1. The summed E-state index contributed by atoms with van der Waals surface area (Å²) in [5.74, 6) is 0.458. The van der Waals surface area contributed by atoms with Crippen molar-refractivity contribution in [1.82, 2.24) is 0 Å². The molecule has 0 saturated carbocycles. The van der Waals surface area contributed by atoms with E-state index < -0.39 is 27.6 Å². The van der Waals surface area contributed by atoms with Gasteiger partial charge in [0.05, 0.1) is 42.3 Å². The number of rotatable bonds is 16. The largest absolute Gasteiger partial charge is 1.00 e. The zero-order valence-corrected chi connectivity index (χ0v) is 39.2. The Hall–Kier alpha value is -4.34. The second kappa shape index (κ2) is 29.5. The number of carbonyl (C=O) groups excluding carboxylic acids is 1. The first-order valence-corrected chi connectivity index (χ1v) is 22.4. The summed E-state index contributed by atoms with van der Waals surface area (Å²) >= 11 is 3.07. The second-order valence-corrected chi connectivity index (χ2v) is 17.6. The molecular formula is C49H61NaO14S3. The van der Waals surface area contributed by atoms with Crippen LogP contribution in [0.2, 0.25) is 0 Å². The molecule has 1 unspecified atom stereocenters. The minimum absolute atomic E-state index is 0. The van der Waals surface area contributed by atoms with E-state index in [0.29, 0.717) is 39.0 Å². The molecule has 4 N–H and O–H groups in total. The van der Waals surface area contributed by atoms with E-state index in [9.17, 15) is 32.5 Å². The third kappa shape index (κ3) is 17.9. The van der Waals surface area contributed by atoms with Crippen molar-refractivity contribution in [2.75, 3.05) is 52.0 Å². The molecule has 7 rings (SSSR count). The average molecular weight is 993 g/mol. The van der Waals surface area contributed by atoms with Crippen LogP contribution in [0.4, 0.5) is 0 Å². The summed E-state index contributed by atoms with van der Waals surface area (Å²) in [5.41, 5.74) is -0.554. The number of hydrogen-bond donors (Lipinski definition) is 4. The fourth-order valence-corrected chi connectivity index (χ4v) is 8.64. The molecule has 67 heavy (non-hydrogen) atoms. The van der Waals surface area contributed by atoms with Crippen molar-refractivity contribution in [2.24, 2.45) is 0 Å². The van der Waals surface area contributed by atoms with Crippen molar-refractivity contribution in [1.29, 1.82) is 0 Å². The molecule has 360 valence electrons. The van der Waals surface area contributed by atoms with E-state index in [1.54, 1.807) is 85.8 Å². The minimum atomic E-state index is -4.52. The summed E-state index contributed by atoms with van der Waals surface area (Å²) in [4.78, 5) is 37.2. The number of Topliss-reactive ketones (excluding diaryl/α,β-unsaturated/α-hetero) is 1. The summed E-state index contributed by atoms with van der Waals surface area (Å²) in [5, 5.41) is 38.1. The number of hydrogen-bond acceptors (Lipinski definition) is 16. The SMILES string of the molecule is C.C.C.C.CC(C)(OCCO)C(=O)c1ccc(OCCO)cc1.O=c1c2ccccc2sc2ccc(OCC(O)CS(=O)(=O)[O-])cc12.O=c1c2ccccc2sc2ccc(OCCO)cc12.[Na+]. The predicted octanol–water partition coefficient (Wildman–Crippen LogP) is 5.06. The summed E-state index contributed by atoms with van der Waals surface area (Å²) < 4.78 is 56.6. The van der Waals surface area contributed by atoms with Crippen molar-refractivity contribution in [3.63, 3.8) is 0 Å². The van der Waals surface area contributed by atoms with E-state index in [1.165, 1.54) is 11.3 Å². The van der Waals surface area contributed by atoms with Crippen LogP contribution in [0.3, 0.4) is 0 Å². The van der Waals surface area contributed by atoms with Gasteiger partial charge in [-0.25, -0.2) is 8.42 Å². The van der Waals surface area contributed by atoms with Gasteiger partial charge in [-0.3, -0.25) is 14.4 Å². The van der Waals surface area contributed by atoms with Crippen LogP contribution in [-0.2, 0) is 14.9 Å². The van der Waals surface area contributed by atoms with Crippen LogP contribution in [0.15, 0.2) is 119 Å². The van der Waals surface area contributed by atoms with E-state index in [4.69, 9.17) is 34.3 Å². The summed E-state index contributed by atoms with van der Waals surface area (Å²) in [6, 6.07) is 31.9. The van der Waals surface area contributed by atoms with E-state index in [-0.39, 0.29) is 122 Å². The summed E-state index contributed by atoms with van der Waals surface area (Å²) in [6.45, 7) is 3.35. The third-order valence-corrected chi connectivity index (χ3v) is 12.0. The van der Waals surface area contributed by atoms with Gasteiger partial charge in [0.15, 0.2) is 16.6 Å². The molecule has 0 saturated heterocycles. The first kappa shape index (κ1) is 62.7. The van der Waals surface area contributed by atoms with Gasteiger partial charge >= 0.3 is 29.6 Å². The molecule has 1 atom stereocenters. The minimum Gasteiger partial charge on any atom is -0.748 e. The van der Waals surface area contributed by atoms with Crippen molar-refractivity contribution < 1.29 is 86.7 Å². The third-order valence-electron chi connectivity index (χ3n) is 8.87. The molecule has 0 amide bonds. The number of aliphatic hydroxyl groups is 4. The molecule has 0 radical (unpaired) electrons. The summed E-state index contributed by atoms with van der Waals surface area (Å²) in [7, 11) is -4.52. The Bertz CT molecular complexity index is 2850. The van der Waals surface area contributed by atoms with Crippen LogP contribution in [0, 0.1) is 0 Å². The molecule has 0 bridgehead atoms. The Morgan fingerprint density at radius 1 is 0.612 bits per heavy atom. The number of fused-ring (bicyclic) bond motifs is 4. The Labute approximate surface area is 422 Å². The van der Waals surface area contributed by atoms with Crippen molar-refractivity contribution in [3.05, 3.63) is 135 Å². The smallest absolute Gasteiger partial charge is 0.748 e. The normalized spacial score (nSPS) is 11.1. The van der Waals surface area contributed by atoms with Gasteiger partial charge in [0, 0.05) is 45.9 Å². The Morgan fingerprint density at radius 3 is 1.46 bits per heavy atom. The van der Waals surface area contributed by atoms with Crippen molar-refractivity contribution >= 4 is 78.9 Å². The molecule has 18 heteroatoms. The van der Waals surface area contributed by atoms with Gasteiger partial charge < -0.3 is 43.9 Å². The monoisotopic (exact) mass is 992 g/mol. The Kier molecular flexibility index (Phi) is 27.6. The molecule has 5 aromatic carbocycles. The summed E-state index contributed by atoms with van der Waals surface area (Å²) in [6.07, 6.45) is -1.42. The Morgan fingerprint density at radius 2 is 1.01 bits per heavy atom. The van der Waals surface area contributed by atoms with Crippen LogP contribution in [0.5, 0.6) is 17.2 Å². The molecule has 7 aromatic rings. The molecule has 0 aliphatic carbocycles. The number of ketones is 1. The number of ether oxygens (including phenoxy) is 4. The van der Waals surface area contributed by atoms with Crippen molar-refractivity contribution in [3.8, 4) is 17.2 Å². The first-order valence-electron chi connectivity index (χ1n) is 19.2. The fraction of sp³-hybridized carbons (Fsp3) is 0.327. The van der Waals surface area contributed by atoms with E-state index in [0.717, 1.165) is 24.2 Å². The zero-order chi connectivity index (χ0) is 44.9. The van der Waals surface area contributed by atoms with E-state index in [1.807, 2.05) is 48.5 Å². The van der Waals surface area contributed by atoms with Gasteiger partial charge in [0.2, 0.25) is 0 Å².